The first-order valence-electron chi connectivity index (χ1n) is 8.32. The highest BCUT2D eigenvalue weighted by Gasteiger charge is 2.27. The van der Waals surface area contributed by atoms with Gasteiger partial charge in [0.25, 0.3) is 0 Å². The SMILES string of the molecule is CC(C)(C)c1cc(-c2cccc(C#N)c2C#N)cc(C(C)(C)C)c1O. The molecule has 0 heterocycles. The van der Waals surface area contributed by atoms with E-state index in [9.17, 15) is 15.6 Å². The molecule has 0 amide bonds. The molecule has 25 heavy (non-hydrogen) atoms. The summed E-state index contributed by atoms with van der Waals surface area (Å²) in [7, 11) is 0. The second-order valence-corrected chi connectivity index (χ2v) is 8.37. The van der Waals surface area contributed by atoms with Crippen LogP contribution in [-0.4, -0.2) is 5.11 Å². The lowest BCUT2D eigenvalue weighted by molar-refractivity contribution is 0.423. The zero-order chi connectivity index (χ0) is 19.0. The van der Waals surface area contributed by atoms with E-state index < -0.39 is 0 Å². The molecule has 128 valence electrons. The molecular weight excluding hydrogens is 308 g/mol. The van der Waals surface area contributed by atoms with Crippen LogP contribution in [0.2, 0.25) is 0 Å². The van der Waals surface area contributed by atoms with Crippen LogP contribution in [0.1, 0.15) is 63.8 Å². The molecule has 3 nitrogen and oxygen atoms in total. The third-order valence-electron chi connectivity index (χ3n) is 4.33. The fourth-order valence-corrected chi connectivity index (χ4v) is 2.94. The predicted octanol–water partition coefficient (Wildman–Crippen LogP) is 5.40. The van der Waals surface area contributed by atoms with Gasteiger partial charge in [-0.15, -0.1) is 0 Å². The molecule has 0 saturated heterocycles. The molecule has 0 aliphatic carbocycles. The molecule has 0 spiro atoms. The van der Waals surface area contributed by atoms with Crippen LogP contribution in [0.4, 0.5) is 0 Å². The lowest BCUT2D eigenvalue weighted by Crippen LogP contribution is -2.17. The molecule has 0 aliphatic heterocycles. The number of benzene rings is 2. The van der Waals surface area contributed by atoms with Crippen molar-refractivity contribution < 1.29 is 5.11 Å². The number of rotatable bonds is 1. The van der Waals surface area contributed by atoms with Crippen molar-refractivity contribution in [2.75, 3.05) is 0 Å². The first-order chi connectivity index (χ1) is 11.5. The highest BCUT2D eigenvalue weighted by molar-refractivity contribution is 5.76. The van der Waals surface area contributed by atoms with Crippen LogP contribution in [0.25, 0.3) is 11.1 Å². The van der Waals surface area contributed by atoms with Gasteiger partial charge in [0.1, 0.15) is 17.9 Å². The Kier molecular flexibility index (Phi) is 4.65. The highest BCUT2D eigenvalue weighted by atomic mass is 16.3. The second-order valence-electron chi connectivity index (χ2n) is 8.37. The van der Waals surface area contributed by atoms with Gasteiger partial charge in [0.05, 0.1) is 11.1 Å². The van der Waals surface area contributed by atoms with E-state index in [0.717, 1.165) is 22.3 Å². The second kappa shape index (κ2) is 6.26. The highest BCUT2D eigenvalue weighted by Crippen LogP contribution is 2.42. The van der Waals surface area contributed by atoms with Crippen LogP contribution >= 0.6 is 0 Å². The minimum Gasteiger partial charge on any atom is -0.507 e. The van der Waals surface area contributed by atoms with Gasteiger partial charge in [-0.2, -0.15) is 10.5 Å². The Morgan fingerprint density at radius 3 is 1.76 bits per heavy atom. The number of hydrogen-bond donors (Lipinski definition) is 1. The van der Waals surface area contributed by atoms with Gasteiger partial charge >= 0.3 is 0 Å². The monoisotopic (exact) mass is 332 g/mol. The van der Waals surface area contributed by atoms with E-state index in [4.69, 9.17) is 0 Å². The minimum absolute atomic E-state index is 0.250. The zero-order valence-electron chi connectivity index (χ0n) is 15.7. The molecule has 0 atom stereocenters. The summed E-state index contributed by atoms with van der Waals surface area (Å²) < 4.78 is 0. The lowest BCUT2D eigenvalue weighted by atomic mass is 9.77. The standard InChI is InChI=1S/C22H24N2O/c1-21(2,3)18-10-15(11-19(20(18)25)22(4,5)6)16-9-7-8-14(12-23)17(16)13-24/h7-11,25H,1-6H3. The number of phenolic OH excluding ortho intramolecular Hbond substituents is 1. The van der Waals surface area contributed by atoms with Crippen molar-refractivity contribution in [3.8, 4) is 29.0 Å². The predicted molar refractivity (Wildman–Crippen MR) is 100 cm³/mol. The van der Waals surface area contributed by atoms with E-state index in [1.807, 2.05) is 18.2 Å². The van der Waals surface area contributed by atoms with E-state index in [1.54, 1.807) is 12.1 Å². The summed E-state index contributed by atoms with van der Waals surface area (Å²) in [6.45, 7) is 12.3. The fraction of sp³-hybridized carbons (Fsp3) is 0.364. The van der Waals surface area contributed by atoms with Gasteiger partial charge in [-0.1, -0.05) is 53.7 Å². The lowest BCUT2D eigenvalue weighted by Gasteiger charge is -2.28. The van der Waals surface area contributed by atoms with Crippen LogP contribution in [0.5, 0.6) is 5.75 Å². The summed E-state index contributed by atoms with van der Waals surface area (Å²) in [5.41, 5.74) is 3.47. The quantitative estimate of drug-likeness (QED) is 0.760. The van der Waals surface area contributed by atoms with Crippen LogP contribution in [0.15, 0.2) is 30.3 Å². The van der Waals surface area contributed by atoms with Crippen LogP contribution in [0, 0.1) is 22.7 Å². The Balaban J connectivity index is 2.90. The molecule has 0 unspecified atom stereocenters. The van der Waals surface area contributed by atoms with Crippen molar-refractivity contribution in [1.29, 1.82) is 10.5 Å². The summed E-state index contributed by atoms with van der Waals surface area (Å²) in [6, 6.07) is 13.4. The summed E-state index contributed by atoms with van der Waals surface area (Å²) >= 11 is 0. The number of nitriles is 2. The van der Waals surface area contributed by atoms with E-state index in [1.165, 1.54) is 0 Å². The maximum Gasteiger partial charge on any atom is 0.123 e. The number of aromatic hydroxyl groups is 1. The Morgan fingerprint density at radius 2 is 1.36 bits per heavy atom. The third-order valence-corrected chi connectivity index (χ3v) is 4.33. The average Bonchev–Trinajstić information content (AvgIpc) is 2.52. The number of nitrogens with zero attached hydrogens (tertiary/aromatic N) is 2. The molecule has 0 fully saturated rings. The minimum atomic E-state index is -0.250. The van der Waals surface area contributed by atoms with Crippen molar-refractivity contribution in [3.05, 3.63) is 52.6 Å². The average molecular weight is 332 g/mol. The number of hydrogen-bond acceptors (Lipinski definition) is 3. The van der Waals surface area contributed by atoms with Crippen LogP contribution < -0.4 is 0 Å². The maximum atomic E-state index is 10.8. The van der Waals surface area contributed by atoms with E-state index in [-0.39, 0.29) is 10.8 Å². The third kappa shape index (κ3) is 3.52. The molecule has 0 saturated carbocycles. The van der Waals surface area contributed by atoms with Crippen molar-refractivity contribution in [2.24, 2.45) is 0 Å². The molecule has 0 aromatic heterocycles. The van der Waals surface area contributed by atoms with Crippen LogP contribution in [0.3, 0.4) is 0 Å². The fourth-order valence-electron chi connectivity index (χ4n) is 2.94. The first-order valence-corrected chi connectivity index (χ1v) is 8.32. The van der Waals surface area contributed by atoms with Gasteiger partial charge in [0, 0.05) is 16.7 Å². The van der Waals surface area contributed by atoms with Crippen molar-refractivity contribution in [2.45, 2.75) is 52.4 Å². The summed E-state index contributed by atoms with van der Waals surface area (Å²) in [5.74, 6) is 0.304. The Morgan fingerprint density at radius 1 is 0.840 bits per heavy atom. The van der Waals surface area contributed by atoms with Gasteiger partial charge in [-0.05, 0) is 34.6 Å². The molecule has 2 aromatic carbocycles. The van der Waals surface area contributed by atoms with E-state index >= 15 is 0 Å². The Hall–Kier alpha value is -2.78. The molecular formula is C22H24N2O. The van der Waals surface area contributed by atoms with Gasteiger partial charge in [-0.25, -0.2) is 0 Å². The summed E-state index contributed by atoms with van der Waals surface area (Å²) in [5, 5.41) is 29.7. The topological polar surface area (TPSA) is 67.8 Å². The normalized spacial score (nSPS) is 11.7. The van der Waals surface area contributed by atoms with Crippen LogP contribution in [-0.2, 0) is 10.8 Å². The Bertz CT molecular complexity index is 863. The van der Waals surface area contributed by atoms with E-state index in [0.29, 0.717) is 16.9 Å². The molecule has 2 aromatic rings. The van der Waals surface area contributed by atoms with Gasteiger partial charge in [0.15, 0.2) is 0 Å². The molecule has 0 aliphatic rings. The van der Waals surface area contributed by atoms with Crippen molar-refractivity contribution in [3.63, 3.8) is 0 Å². The zero-order valence-corrected chi connectivity index (χ0v) is 15.7. The molecule has 3 heteroatoms. The molecule has 0 bridgehead atoms. The molecule has 2 rings (SSSR count). The Labute approximate surface area is 150 Å². The first kappa shape index (κ1) is 18.6. The molecule has 0 radical (unpaired) electrons. The van der Waals surface area contributed by atoms with Gasteiger partial charge in [-0.3, -0.25) is 0 Å². The largest absolute Gasteiger partial charge is 0.507 e. The van der Waals surface area contributed by atoms with Gasteiger partial charge < -0.3 is 5.11 Å². The molecule has 1 N–H and O–H groups in total. The van der Waals surface area contributed by atoms with Crippen molar-refractivity contribution in [1.82, 2.24) is 0 Å². The van der Waals surface area contributed by atoms with E-state index in [2.05, 4.69) is 53.7 Å². The number of phenols is 1. The van der Waals surface area contributed by atoms with Gasteiger partial charge in [0.2, 0.25) is 0 Å². The summed E-state index contributed by atoms with van der Waals surface area (Å²) in [4.78, 5) is 0. The maximum absolute atomic E-state index is 10.8. The smallest absolute Gasteiger partial charge is 0.123 e. The summed E-state index contributed by atoms with van der Waals surface area (Å²) in [6.07, 6.45) is 0. The van der Waals surface area contributed by atoms with Crippen molar-refractivity contribution >= 4 is 0 Å².